The summed E-state index contributed by atoms with van der Waals surface area (Å²) < 4.78 is 0.163. The second-order valence-corrected chi connectivity index (χ2v) is 8.31. The van der Waals surface area contributed by atoms with Gasteiger partial charge in [0, 0.05) is 3.92 Å². The largest absolute Gasteiger partial charge is 0.481 e. The third kappa shape index (κ3) is 9.05. The molecule has 136 valence electrons. The minimum Gasteiger partial charge on any atom is -0.481 e. The number of rotatable bonds is 14. The van der Waals surface area contributed by atoms with E-state index in [0.29, 0.717) is 0 Å². The maximum atomic E-state index is 11.6. The summed E-state index contributed by atoms with van der Waals surface area (Å²) in [5, 5.41) is 9.55. The van der Waals surface area contributed by atoms with E-state index in [1.54, 1.807) is 0 Å². The van der Waals surface area contributed by atoms with Crippen LogP contribution in [0.4, 0.5) is 0 Å². The predicted octanol–water partition coefficient (Wildman–Crippen LogP) is 6.97. The van der Waals surface area contributed by atoms with Crippen LogP contribution in [0.3, 0.4) is 0 Å². The van der Waals surface area contributed by atoms with Gasteiger partial charge in [0.1, 0.15) is 0 Å². The summed E-state index contributed by atoms with van der Waals surface area (Å²) in [6.45, 7) is 2.26. The van der Waals surface area contributed by atoms with Gasteiger partial charge in [-0.15, -0.1) is 0 Å². The number of hydrogen-bond donors (Lipinski definition) is 1. The number of unbranched alkanes of at least 4 members (excludes halogenated alkanes) is 9. The molecule has 0 amide bonds. The molecule has 0 aliphatic carbocycles. The van der Waals surface area contributed by atoms with Gasteiger partial charge >= 0.3 is 5.97 Å². The van der Waals surface area contributed by atoms with Gasteiger partial charge in [-0.05, 0) is 12.0 Å². The standard InChI is InChI=1S/C21H33IO2/c1-2-3-4-5-6-7-8-9-10-14-17-19(22)20(21(23)24)18-15-12-11-13-16-18/h11-13,15-16,19-20H,2-10,14,17H2,1H3,(H,23,24). The van der Waals surface area contributed by atoms with Crippen LogP contribution in [0, 0.1) is 0 Å². The normalized spacial score (nSPS) is 13.6. The highest BCUT2D eigenvalue weighted by Crippen LogP contribution is 2.29. The van der Waals surface area contributed by atoms with Crippen LogP contribution in [-0.2, 0) is 4.79 Å². The molecule has 1 N–H and O–H groups in total. The summed E-state index contributed by atoms with van der Waals surface area (Å²) in [6, 6.07) is 9.66. The second-order valence-electron chi connectivity index (χ2n) is 6.71. The molecule has 0 bridgehead atoms. The van der Waals surface area contributed by atoms with Gasteiger partial charge in [-0.3, -0.25) is 4.79 Å². The van der Waals surface area contributed by atoms with Crippen LogP contribution in [0.1, 0.15) is 89.0 Å². The molecule has 0 aromatic heterocycles. The summed E-state index contributed by atoms with van der Waals surface area (Å²) in [5.74, 6) is -1.09. The minimum atomic E-state index is -0.701. The summed E-state index contributed by atoms with van der Waals surface area (Å²) in [6.07, 6.45) is 14.2. The lowest BCUT2D eigenvalue weighted by Gasteiger charge is -2.19. The zero-order valence-electron chi connectivity index (χ0n) is 15.1. The van der Waals surface area contributed by atoms with Gasteiger partial charge in [-0.1, -0.05) is 124 Å². The molecule has 0 radical (unpaired) electrons. The van der Waals surface area contributed by atoms with Crippen LogP contribution in [0.2, 0.25) is 0 Å². The number of alkyl halides is 1. The number of benzene rings is 1. The van der Waals surface area contributed by atoms with Crippen LogP contribution in [-0.4, -0.2) is 15.0 Å². The van der Waals surface area contributed by atoms with Crippen LogP contribution in [0.15, 0.2) is 30.3 Å². The van der Waals surface area contributed by atoms with Gasteiger partial charge in [-0.25, -0.2) is 0 Å². The first-order chi connectivity index (χ1) is 11.7. The monoisotopic (exact) mass is 444 g/mol. The molecule has 0 fully saturated rings. The number of carboxylic acid groups (broad SMARTS) is 1. The Balaban J connectivity index is 2.16. The zero-order valence-corrected chi connectivity index (χ0v) is 17.2. The van der Waals surface area contributed by atoms with Crippen molar-refractivity contribution in [1.29, 1.82) is 0 Å². The predicted molar refractivity (Wildman–Crippen MR) is 111 cm³/mol. The van der Waals surface area contributed by atoms with E-state index >= 15 is 0 Å². The van der Waals surface area contributed by atoms with Crippen LogP contribution in [0.5, 0.6) is 0 Å². The summed E-state index contributed by atoms with van der Waals surface area (Å²) in [5.41, 5.74) is 0.927. The lowest BCUT2D eigenvalue weighted by Crippen LogP contribution is -2.21. The van der Waals surface area contributed by atoms with Crippen LogP contribution >= 0.6 is 22.6 Å². The topological polar surface area (TPSA) is 37.3 Å². The third-order valence-corrected chi connectivity index (χ3v) is 5.96. The van der Waals surface area contributed by atoms with E-state index < -0.39 is 5.97 Å². The third-order valence-electron chi connectivity index (χ3n) is 4.62. The highest BCUT2D eigenvalue weighted by Gasteiger charge is 2.27. The highest BCUT2D eigenvalue weighted by molar-refractivity contribution is 14.1. The fourth-order valence-electron chi connectivity index (χ4n) is 3.16. The van der Waals surface area contributed by atoms with E-state index in [9.17, 15) is 9.90 Å². The zero-order chi connectivity index (χ0) is 17.6. The molecular weight excluding hydrogens is 411 g/mol. The van der Waals surface area contributed by atoms with Crippen molar-refractivity contribution in [3.05, 3.63) is 35.9 Å². The minimum absolute atomic E-state index is 0.163. The second kappa shape index (κ2) is 13.7. The Labute approximate surface area is 161 Å². The lowest BCUT2D eigenvalue weighted by molar-refractivity contribution is -0.138. The fraction of sp³-hybridized carbons (Fsp3) is 0.667. The molecule has 2 nitrogen and oxygen atoms in total. The smallest absolute Gasteiger partial charge is 0.312 e. The molecule has 1 aromatic carbocycles. The molecule has 0 aliphatic heterocycles. The van der Waals surface area contributed by atoms with E-state index in [0.717, 1.165) is 18.4 Å². The van der Waals surface area contributed by atoms with Crippen LogP contribution in [0.25, 0.3) is 0 Å². The Morgan fingerprint density at radius 1 is 0.917 bits per heavy atom. The first-order valence-corrected chi connectivity index (χ1v) is 10.8. The van der Waals surface area contributed by atoms with E-state index in [1.807, 2.05) is 30.3 Å². The van der Waals surface area contributed by atoms with E-state index in [2.05, 4.69) is 29.5 Å². The van der Waals surface area contributed by atoms with E-state index in [4.69, 9.17) is 0 Å². The van der Waals surface area contributed by atoms with Crippen molar-refractivity contribution in [2.75, 3.05) is 0 Å². The molecule has 2 atom stereocenters. The molecule has 0 heterocycles. The van der Waals surface area contributed by atoms with Gasteiger partial charge in [0.05, 0.1) is 5.92 Å². The van der Waals surface area contributed by atoms with Crippen molar-refractivity contribution in [2.45, 2.75) is 87.4 Å². The Morgan fingerprint density at radius 2 is 1.42 bits per heavy atom. The lowest BCUT2D eigenvalue weighted by atomic mass is 9.93. The van der Waals surface area contributed by atoms with Crippen molar-refractivity contribution in [1.82, 2.24) is 0 Å². The van der Waals surface area contributed by atoms with Crippen molar-refractivity contribution < 1.29 is 9.90 Å². The number of hydrogen-bond acceptors (Lipinski definition) is 1. The average Bonchev–Trinajstić information content (AvgIpc) is 2.57. The maximum absolute atomic E-state index is 11.6. The Hall–Kier alpha value is -0.580. The summed E-state index contributed by atoms with van der Waals surface area (Å²) in [7, 11) is 0. The number of carbonyl (C=O) groups is 1. The Morgan fingerprint density at radius 3 is 1.92 bits per heavy atom. The van der Waals surface area contributed by atoms with Gasteiger partial charge < -0.3 is 5.11 Å². The van der Waals surface area contributed by atoms with Crippen molar-refractivity contribution in [3.8, 4) is 0 Å². The van der Waals surface area contributed by atoms with Gasteiger partial charge in [-0.2, -0.15) is 0 Å². The van der Waals surface area contributed by atoms with Crippen molar-refractivity contribution in [3.63, 3.8) is 0 Å². The first kappa shape index (κ1) is 21.5. The molecule has 0 saturated heterocycles. The number of halogens is 1. The average molecular weight is 444 g/mol. The Kier molecular flexibility index (Phi) is 12.2. The maximum Gasteiger partial charge on any atom is 0.312 e. The van der Waals surface area contributed by atoms with Gasteiger partial charge in [0.2, 0.25) is 0 Å². The summed E-state index contributed by atoms with van der Waals surface area (Å²) in [4.78, 5) is 11.6. The fourth-order valence-corrected chi connectivity index (χ4v) is 4.32. The van der Waals surface area contributed by atoms with E-state index in [1.165, 1.54) is 57.8 Å². The Bertz CT molecular complexity index is 433. The molecular formula is C21H33IO2. The van der Waals surface area contributed by atoms with Gasteiger partial charge in [0.25, 0.3) is 0 Å². The van der Waals surface area contributed by atoms with E-state index in [-0.39, 0.29) is 9.84 Å². The highest BCUT2D eigenvalue weighted by atomic mass is 127. The SMILES string of the molecule is CCCCCCCCCCCCC(I)C(C(=O)O)c1ccccc1. The van der Waals surface area contributed by atoms with Gasteiger partial charge in [0.15, 0.2) is 0 Å². The number of aliphatic carboxylic acids is 1. The molecule has 0 saturated carbocycles. The molecule has 0 spiro atoms. The molecule has 0 aliphatic rings. The summed E-state index contributed by atoms with van der Waals surface area (Å²) >= 11 is 2.33. The first-order valence-electron chi connectivity index (χ1n) is 9.58. The number of carboxylic acids is 1. The quantitative estimate of drug-likeness (QED) is 0.191. The molecule has 24 heavy (non-hydrogen) atoms. The van der Waals surface area contributed by atoms with Crippen molar-refractivity contribution in [2.24, 2.45) is 0 Å². The van der Waals surface area contributed by atoms with Crippen LogP contribution < -0.4 is 0 Å². The molecule has 1 rings (SSSR count). The molecule has 2 unspecified atom stereocenters. The van der Waals surface area contributed by atoms with Crippen molar-refractivity contribution >= 4 is 28.6 Å². The molecule has 1 aromatic rings. The molecule has 3 heteroatoms.